The molecule has 0 aliphatic carbocycles. The second kappa shape index (κ2) is 7.29. The minimum atomic E-state index is -0.230. The zero-order chi connectivity index (χ0) is 17.9. The van der Waals surface area contributed by atoms with Gasteiger partial charge in [-0.1, -0.05) is 6.58 Å². The molecule has 0 spiro atoms. The first-order valence-electron chi connectivity index (χ1n) is 9.07. The first-order valence-corrected chi connectivity index (χ1v) is 9.07. The van der Waals surface area contributed by atoms with Crippen molar-refractivity contribution >= 4 is 34.3 Å². The van der Waals surface area contributed by atoms with Crippen LogP contribution in [0, 0.1) is 0 Å². The summed E-state index contributed by atoms with van der Waals surface area (Å²) in [4.78, 5) is 25.8. The molecule has 2 aromatic rings. The van der Waals surface area contributed by atoms with E-state index in [1.807, 2.05) is 18.2 Å². The molecule has 2 aliphatic rings. The van der Waals surface area contributed by atoms with Crippen LogP contribution in [0.1, 0.15) is 12.8 Å². The van der Waals surface area contributed by atoms with Gasteiger partial charge >= 0.3 is 0 Å². The number of hydrogen-bond donors (Lipinski definition) is 1. The molecule has 7 nitrogen and oxygen atoms in total. The highest BCUT2D eigenvalue weighted by Gasteiger charge is 2.21. The molecule has 1 aromatic heterocycles. The molecule has 2 fully saturated rings. The third-order valence-electron chi connectivity index (χ3n) is 4.82. The van der Waals surface area contributed by atoms with Gasteiger partial charge in [-0.25, -0.2) is 4.98 Å². The number of fused-ring (bicyclic) bond motifs is 1. The maximum atomic E-state index is 11.6. The summed E-state index contributed by atoms with van der Waals surface area (Å²) >= 11 is 0. The number of hydrogen-bond acceptors (Lipinski definition) is 6. The van der Waals surface area contributed by atoms with Gasteiger partial charge in [0.2, 0.25) is 11.9 Å². The monoisotopic (exact) mass is 353 g/mol. The Morgan fingerprint density at radius 3 is 2.62 bits per heavy atom. The Bertz CT molecular complexity index is 826. The van der Waals surface area contributed by atoms with Crippen LogP contribution in [0.3, 0.4) is 0 Å². The van der Waals surface area contributed by atoms with Crippen molar-refractivity contribution in [3.8, 4) is 0 Å². The minimum absolute atomic E-state index is 0.230. The van der Waals surface area contributed by atoms with E-state index in [1.54, 1.807) is 0 Å². The van der Waals surface area contributed by atoms with Crippen LogP contribution >= 0.6 is 0 Å². The second-order valence-electron chi connectivity index (χ2n) is 6.57. The van der Waals surface area contributed by atoms with Crippen LogP contribution < -0.4 is 15.1 Å². The van der Waals surface area contributed by atoms with E-state index in [2.05, 4.69) is 21.7 Å². The number of carbonyl (C=O) groups is 1. The quantitative estimate of drug-likeness (QED) is 0.850. The highest BCUT2D eigenvalue weighted by molar-refractivity contribution is 6.01. The lowest BCUT2D eigenvalue weighted by molar-refractivity contribution is -0.111. The molecule has 0 bridgehead atoms. The van der Waals surface area contributed by atoms with Gasteiger partial charge < -0.3 is 19.9 Å². The Hall–Kier alpha value is -2.67. The molecular formula is C19H23N5O2. The van der Waals surface area contributed by atoms with Crippen molar-refractivity contribution in [2.75, 3.05) is 54.5 Å². The van der Waals surface area contributed by atoms with E-state index in [1.165, 1.54) is 18.9 Å². The van der Waals surface area contributed by atoms with Crippen LogP contribution in [0.15, 0.2) is 30.9 Å². The molecule has 1 aromatic carbocycles. The lowest BCUT2D eigenvalue weighted by Gasteiger charge is -2.28. The Morgan fingerprint density at radius 1 is 1.12 bits per heavy atom. The fourth-order valence-electron chi connectivity index (χ4n) is 3.45. The van der Waals surface area contributed by atoms with Crippen molar-refractivity contribution in [2.45, 2.75) is 12.8 Å². The van der Waals surface area contributed by atoms with E-state index >= 15 is 0 Å². The lowest BCUT2D eigenvalue weighted by atomic mass is 10.2. The van der Waals surface area contributed by atoms with E-state index < -0.39 is 0 Å². The number of benzene rings is 1. The zero-order valence-electron chi connectivity index (χ0n) is 14.8. The largest absolute Gasteiger partial charge is 0.378 e. The molecule has 2 saturated heterocycles. The average molecular weight is 353 g/mol. The Labute approximate surface area is 152 Å². The van der Waals surface area contributed by atoms with Crippen molar-refractivity contribution in [1.29, 1.82) is 0 Å². The molecule has 1 amide bonds. The maximum absolute atomic E-state index is 11.6. The third-order valence-corrected chi connectivity index (χ3v) is 4.82. The molecule has 4 rings (SSSR count). The first-order chi connectivity index (χ1) is 12.7. The molecule has 0 atom stereocenters. The topological polar surface area (TPSA) is 70.6 Å². The van der Waals surface area contributed by atoms with Crippen molar-refractivity contribution in [2.24, 2.45) is 0 Å². The summed E-state index contributed by atoms with van der Waals surface area (Å²) < 4.78 is 5.45. The molecule has 1 N–H and O–H groups in total. The number of anilines is 3. The Balaban J connectivity index is 1.78. The standard InChI is InChI=1S/C19H23N5O2/c1-2-17(25)20-14-5-6-15-16(13-14)21-19(24-9-11-26-12-10-24)22-18(15)23-7-3-4-8-23/h2,5-6,13H,1,3-4,7-12H2,(H,20,25). The summed E-state index contributed by atoms with van der Waals surface area (Å²) in [6.07, 6.45) is 3.64. The van der Waals surface area contributed by atoms with Gasteiger partial charge in [0.15, 0.2) is 0 Å². The van der Waals surface area contributed by atoms with Crippen LogP contribution in [-0.2, 0) is 9.53 Å². The van der Waals surface area contributed by atoms with E-state index in [0.717, 1.165) is 48.8 Å². The summed E-state index contributed by atoms with van der Waals surface area (Å²) in [5.74, 6) is 1.48. The number of carbonyl (C=O) groups excluding carboxylic acids is 1. The van der Waals surface area contributed by atoms with Gasteiger partial charge in [-0.2, -0.15) is 4.98 Å². The van der Waals surface area contributed by atoms with Gasteiger partial charge in [0.25, 0.3) is 0 Å². The third kappa shape index (κ3) is 3.35. The summed E-state index contributed by atoms with van der Waals surface area (Å²) in [7, 11) is 0. The fourth-order valence-corrected chi connectivity index (χ4v) is 3.45. The number of morpholine rings is 1. The van der Waals surface area contributed by atoms with Crippen molar-refractivity contribution in [1.82, 2.24) is 9.97 Å². The first kappa shape index (κ1) is 16.8. The van der Waals surface area contributed by atoms with Gasteiger partial charge in [-0.3, -0.25) is 4.79 Å². The zero-order valence-corrected chi connectivity index (χ0v) is 14.8. The molecule has 136 valence electrons. The average Bonchev–Trinajstić information content (AvgIpc) is 3.22. The van der Waals surface area contributed by atoms with Gasteiger partial charge in [0.05, 0.1) is 18.7 Å². The number of ether oxygens (including phenoxy) is 1. The molecule has 0 unspecified atom stereocenters. The summed E-state index contributed by atoms with van der Waals surface area (Å²) in [6, 6.07) is 5.79. The lowest BCUT2D eigenvalue weighted by Crippen LogP contribution is -2.37. The van der Waals surface area contributed by atoms with Crippen molar-refractivity contribution in [3.05, 3.63) is 30.9 Å². The van der Waals surface area contributed by atoms with Gasteiger partial charge in [-0.15, -0.1) is 0 Å². The molecule has 3 heterocycles. The fraction of sp³-hybridized carbons (Fsp3) is 0.421. The molecule has 7 heteroatoms. The number of nitrogens with one attached hydrogen (secondary N) is 1. The van der Waals surface area contributed by atoms with E-state index in [4.69, 9.17) is 14.7 Å². The summed E-state index contributed by atoms with van der Waals surface area (Å²) in [5.41, 5.74) is 1.55. The highest BCUT2D eigenvalue weighted by atomic mass is 16.5. The van der Waals surface area contributed by atoms with E-state index in [9.17, 15) is 4.79 Å². The van der Waals surface area contributed by atoms with E-state index in [0.29, 0.717) is 18.9 Å². The number of nitrogens with zero attached hydrogens (tertiary/aromatic N) is 4. The van der Waals surface area contributed by atoms with Crippen molar-refractivity contribution in [3.63, 3.8) is 0 Å². The van der Waals surface area contributed by atoms with Crippen LogP contribution in [0.5, 0.6) is 0 Å². The van der Waals surface area contributed by atoms with Crippen LogP contribution in [-0.4, -0.2) is 55.3 Å². The summed E-state index contributed by atoms with van der Waals surface area (Å²) in [5, 5.41) is 3.82. The molecule has 26 heavy (non-hydrogen) atoms. The van der Waals surface area contributed by atoms with Crippen LogP contribution in [0.25, 0.3) is 10.9 Å². The predicted octanol–water partition coefficient (Wildman–Crippen LogP) is 2.19. The van der Waals surface area contributed by atoms with Gasteiger partial charge in [-0.05, 0) is 37.1 Å². The van der Waals surface area contributed by atoms with Gasteiger partial charge in [0.1, 0.15) is 5.82 Å². The maximum Gasteiger partial charge on any atom is 0.247 e. The Kier molecular flexibility index (Phi) is 4.71. The van der Waals surface area contributed by atoms with Gasteiger partial charge in [0, 0.05) is 37.3 Å². The number of amides is 1. The van der Waals surface area contributed by atoms with Crippen LogP contribution in [0.2, 0.25) is 0 Å². The highest BCUT2D eigenvalue weighted by Crippen LogP contribution is 2.31. The second-order valence-corrected chi connectivity index (χ2v) is 6.57. The van der Waals surface area contributed by atoms with E-state index in [-0.39, 0.29) is 5.91 Å². The molecule has 2 aliphatic heterocycles. The molecule has 0 saturated carbocycles. The number of rotatable bonds is 4. The van der Waals surface area contributed by atoms with Crippen molar-refractivity contribution < 1.29 is 9.53 Å². The van der Waals surface area contributed by atoms with Crippen LogP contribution in [0.4, 0.5) is 17.5 Å². The molecule has 0 radical (unpaired) electrons. The Morgan fingerprint density at radius 2 is 1.88 bits per heavy atom. The summed E-state index contributed by atoms with van der Waals surface area (Å²) in [6.45, 7) is 8.49. The predicted molar refractivity (Wildman–Crippen MR) is 103 cm³/mol. The molecular weight excluding hydrogens is 330 g/mol. The number of aromatic nitrogens is 2. The SMILES string of the molecule is C=CC(=O)Nc1ccc2c(N3CCCC3)nc(N3CCOCC3)nc2c1. The normalized spacial score (nSPS) is 17.5. The minimum Gasteiger partial charge on any atom is -0.378 e. The smallest absolute Gasteiger partial charge is 0.247 e.